The largest absolute Gasteiger partial charge is 0.508 e. The van der Waals surface area contributed by atoms with Crippen molar-refractivity contribution in [2.24, 2.45) is 0 Å². The summed E-state index contributed by atoms with van der Waals surface area (Å²) in [5.74, 6) is 0.215. The molecule has 0 saturated carbocycles. The molecule has 0 aliphatic rings. The lowest BCUT2D eigenvalue weighted by Crippen LogP contribution is -1.94. The van der Waals surface area contributed by atoms with Crippen LogP contribution in [0.5, 0.6) is 5.75 Å². The third-order valence-electron chi connectivity index (χ3n) is 2.93. The van der Waals surface area contributed by atoms with Gasteiger partial charge in [-0.05, 0) is 36.8 Å². The van der Waals surface area contributed by atoms with Gasteiger partial charge in [0.25, 0.3) is 0 Å². The predicted octanol–water partition coefficient (Wildman–Crippen LogP) is 2.31. The second-order valence-corrected chi connectivity index (χ2v) is 4.02. The molecule has 0 aliphatic carbocycles. The summed E-state index contributed by atoms with van der Waals surface area (Å²) in [5, 5.41) is 10.4. The minimum absolute atomic E-state index is 0.215. The highest BCUT2D eigenvalue weighted by molar-refractivity contribution is 5.89. The molecule has 0 unspecified atom stereocenters. The topological polar surface area (TPSA) is 54.6 Å². The number of phenolic OH excluding ortho intramolecular Hbond substituents is 1. The SMILES string of the molecule is Cc1cc2ncc(C=O)n2c2ccc(O)cc12. The number of carbonyl (C=O) groups excluding carboxylic acids is 1. The Balaban J connectivity index is 2.60. The zero-order valence-electron chi connectivity index (χ0n) is 9.21. The zero-order valence-corrected chi connectivity index (χ0v) is 9.21. The third-order valence-corrected chi connectivity index (χ3v) is 2.93. The van der Waals surface area contributed by atoms with Gasteiger partial charge in [-0.1, -0.05) is 0 Å². The smallest absolute Gasteiger partial charge is 0.168 e. The van der Waals surface area contributed by atoms with E-state index in [0.29, 0.717) is 5.69 Å². The Morgan fingerprint density at radius 3 is 2.94 bits per heavy atom. The minimum atomic E-state index is 0.215. The maximum absolute atomic E-state index is 11.0. The molecule has 1 N–H and O–H groups in total. The lowest BCUT2D eigenvalue weighted by molar-refractivity contribution is 0.111. The molecule has 1 aromatic carbocycles. The second kappa shape index (κ2) is 3.31. The summed E-state index contributed by atoms with van der Waals surface area (Å²) < 4.78 is 1.79. The number of aldehydes is 1. The number of aromatic nitrogens is 2. The first kappa shape index (κ1) is 9.84. The Bertz CT molecular complexity index is 744. The van der Waals surface area contributed by atoms with Crippen LogP contribution in [0.1, 0.15) is 16.1 Å². The summed E-state index contributed by atoms with van der Waals surface area (Å²) >= 11 is 0. The van der Waals surface area contributed by atoms with Crippen LogP contribution in [-0.2, 0) is 0 Å². The molecule has 4 heteroatoms. The van der Waals surface area contributed by atoms with E-state index in [9.17, 15) is 9.90 Å². The van der Waals surface area contributed by atoms with E-state index in [-0.39, 0.29) is 5.75 Å². The number of fused-ring (bicyclic) bond motifs is 3. The van der Waals surface area contributed by atoms with E-state index < -0.39 is 0 Å². The Labute approximate surface area is 97.1 Å². The second-order valence-electron chi connectivity index (χ2n) is 4.02. The Kier molecular flexibility index (Phi) is 1.92. The van der Waals surface area contributed by atoms with E-state index in [0.717, 1.165) is 28.4 Å². The molecule has 0 amide bonds. The van der Waals surface area contributed by atoms with Gasteiger partial charge in [-0.2, -0.15) is 0 Å². The van der Waals surface area contributed by atoms with Gasteiger partial charge in [0.15, 0.2) is 6.29 Å². The van der Waals surface area contributed by atoms with Gasteiger partial charge >= 0.3 is 0 Å². The van der Waals surface area contributed by atoms with Gasteiger partial charge in [0.1, 0.15) is 17.1 Å². The fraction of sp³-hybridized carbons (Fsp3) is 0.0769. The molecule has 4 nitrogen and oxygen atoms in total. The van der Waals surface area contributed by atoms with Crippen LogP contribution in [-0.4, -0.2) is 20.8 Å². The number of aryl methyl sites for hydroxylation is 1. The van der Waals surface area contributed by atoms with Crippen molar-refractivity contribution in [3.63, 3.8) is 0 Å². The molecular weight excluding hydrogens is 216 g/mol. The van der Waals surface area contributed by atoms with Crippen molar-refractivity contribution in [1.82, 2.24) is 9.38 Å². The maximum Gasteiger partial charge on any atom is 0.168 e. The number of hydrogen-bond acceptors (Lipinski definition) is 3. The van der Waals surface area contributed by atoms with Gasteiger partial charge in [0, 0.05) is 5.39 Å². The Morgan fingerprint density at radius 1 is 1.35 bits per heavy atom. The summed E-state index contributed by atoms with van der Waals surface area (Å²) in [6.07, 6.45) is 2.33. The van der Waals surface area contributed by atoms with E-state index in [1.807, 2.05) is 13.0 Å². The number of nitrogens with zero attached hydrogens (tertiary/aromatic N) is 2. The van der Waals surface area contributed by atoms with Crippen molar-refractivity contribution in [1.29, 1.82) is 0 Å². The molecular formula is C13H10N2O2. The molecule has 2 aromatic heterocycles. The number of hydrogen-bond donors (Lipinski definition) is 1. The molecule has 0 aliphatic heterocycles. The number of pyridine rings is 1. The molecule has 2 heterocycles. The number of benzene rings is 1. The zero-order chi connectivity index (χ0) is 12.0. The molecule has 0 radical (unpaired) electrons. The Hall–Kier alpha value is -2.36. The molecule has 0 atom stereocenters. The average Bonchev–Trinajstić information content (AvgIpc) is 2.72. The number of carbonyl (C=O) groups is 1. The van der Waals surface area contributed by atoms with E-state index >= 15 is 0 Å². The van der Waals surface area contributed by atoms with E-state index in [1.54, 1.807) is 28.8 Å². The Morgan fingerprint density at radius 2 is 2.18 bits per heavy atom. The standard InChI is InChI=1S/C13H10N2O2/c1-8-4-13-14-6-9(7-16)15(13)12-3-2-10(17)5-11(8)12/h2-7,17H,1H3. The molecule has 0 spiro atoms. The highest BCUT2D eigenvalue weighted by atomic mass is 16.3. The van der Waals surface area contributed by atoms with E-state index in [2.05, 4.69) is 4.98 Å². The number of phenols is 1. The van der Waals surface area contributed by atoms with Crippen LogP contribution in [0.2, 0.25) is 0 Å². The summed E-state index contributed by atoms with van der Waals surface area (Å²) in [4.78, 5) is 15.2. The molecule has 3 rings (SSSR count). The first-order chi connectivity index (χ1) is 8.20. The quantitative estimate of drug-likeness (QED) is 0.648. The van der Waals surface area contributed by atoms with Crippen LogP contribution in [0.25, 0.3) is 16.6 Å². The minimum Gasteiger partial charge on any atom is -0.508 e. The van der Waals surface area contributed by atoms with Gasteiger partial charge in [-0.15, -0.1) is 0 Å². The van der Waals surface area contributed by atoms with Gasteiger partial charge < -0.3 is 5.11 Å². The van der Waals surface area contributed by atoms with E-state index in [4.69, 9.17) is 0 Å². The van der Waals surface area contributed by atoms with Crippen LogP contribution >= 0.6 is 0 Å². The summed E-state index contributed by atoms with van der Waals surface area (Å²) in [6.45, 7) is 1.96. The monoisotopic (exact) mass is 226 g/mol. The fourth-order valence-corrected chi connectivity index (χ4v) is 2.13. The molecule has 84 valence electrons. The van der Waals surface area contributed by atoms with Crippen LogP contribution in [0.3, 0.4) is 0 Å². The molecule has 17 heavy (non-hydrogen) atoms. The lowest BCUT2D eigenvalue weighted by Gasteiger charge is -2.07. The van der Waals surface area contributed by atoms with Crippen LogP contribution < -0.4 is 0 Å². The lowest BCUT2D eigenvalue weighted by atomic mass is 10.1. The summed E-state index contributed by atoms with van der Waals surface area (Å²) in [6, 6.07) is 6.99. The molecule has 3 aromatic rings. The normalized spacial score (nSPS) is 11.1. The van der Waals surface area contributed by atoms with Crippen molar-refractivity contribution in [3.8, 4) is 5.75 Å². The van der Waals surface area contributed by atoms with Gasteiger partial charge in [-0.3, -0.25) is 9.20 Å². The van der Waals surface area contributed by atoms with Crippen LogP contribution in [0.15, 0.2) is 30.5 Å². The van der Waals surface area contributed by atoms with E-state index in [1.165, 1.54) is 0 Å². The first-order valence-electron chi connectivity index (χ1n) is 5.25. The van der Waals surface area contributed by atoms with Crippen LogP contribution in [0, 0.1) is 6.92 Å². The number of imidazole rings is 1. The van der Waals surface area contributed by atoms with Gasteiger partial charge in [0.2, 0.25) is 0 Å². The molecule has 0 saturated heterocycles. The predicted molar refractivity (Wildman–Crippen MR) is 64.5 cm³/mol. The highest BCUT2D eigenvalue weighted by Gasteiger charge is 2.09. The molecule has 0 fully saturated rings. The van der Waals surface area contributed by atoms with Gasteiger partial charge in [-0.25, -0.2) is 4.98 Å². The van der Waals surface area contributed by atoms with Crippen molar-refractivity contribution in [2.75, 3.05) is 0 Å². The third kappa shape index (κ3) is 1.30. The molecule has 0 bridgehead atoms. The van der Waals surface area contributed by atoms with Crippen molar-refractivity contribution < 1.29 is 9.90 Å². The van der Waals surface area contributed by atoms with Crippen LogP contribution in [0.4, 0.5) is 0 Å². The fourth-order valence-electron chi connectivity index (χ4n) is 2.13. The summed E-state index contributed by atoms with van der Waals surface area (Å²) in [7, 11) is 0. The van der Waals surface area contributed by atoms with Crippen molar-refractivity contribution >= 4 is 22.8 Å². The number of aromatic hydroxyl groups is 1. The highest BCUT2D eigenvalue weighted by Crippen LogP contribution is 2.25. The summed E-state index contributed by atoms with van der Waals surface area (Å²) in [5.41, 5.74) is 3.14. The maximum atomic E-state index is 11.0. The van der Waals surface area contributed by atoms with Crippen molar-refractivity contribution in [2.45, 2.75) is 6.92 Å². The number of rotatable bonds is 1. The van der Waals surface area contributed by atoms with Gasteiger partial charge in [0.05, 0.1) is 11.7 Å². The first-order valence-corrected chi connectivity index (χ1v) is 5.25. The average molecular weight is 226 g/mol. The van der Waals surface area contributed by atoms with Crippen molar-refractivity contribution in [3.05, 3.63) is 41.7 Å².